The van der Waals surface area contributed by atoms with Gasteiger partial charge in [-0.2, -0.15) is 0 Å². The summed E-state index contributed by atoms with van der Waals surface area (Å²) in [6, 6.07) is 14.2. The van der Waals surface area contributed by atoms with Gasteiger partial charge in [-0.05, 0) is 24.3 Å². The molecule has 2 aliphatic rings. The van der Waals surface area contributed by atoms with Crippen molar-refractivity contribution in [3.8, 4) is 0 Å². The highest BCUT2D eigenvalue weighted by molar-refractivity contribution is 6.53. The standard InChI is InChI=1S/C17H11NO4/c19-15-13-6-1-2-7-14(13)18(16(15)20)12-5-3-4-11(10-12)17-21-8-9-22-17/h1-10,17H. The quantitative estimate of drug-likeness (QED) is 0.798. The van der Waals surface area contributed by atoms with Gasteiger partial charge >= 0.3 is 5.91 Å². The Balaban J connectivity index is 1.77. The van der Waals surface area contributed by atoms with Gasteiger partial charge in [0.15, 0.2) is 0 Å². The molecule has 108 valence electrons. The molecule has 0 spiro atoms. The molecule has 2 aliphatic heterocycles. The van der Waals surface area contributed by atoms with Gasteiger partial charge in [0.05, 0.1) is 11.3 Å². The maximum atomic E-state index is 12.3. The van der Waals surface area contributed by atoms with Crippen LogP contribution in [0.15, 0.2) is 61.1 Å². The monoisotopic (exact) mass is 293 g/mol. The molecule has 0 N–H and O–H groups in total. The summed E-state index contributed by atoms with van der Waals surface area (Å²) >= 11 is 0. The number of ether oxygens (including phenoxy) is 2. The number of ketones is 1. The van der Waals surface area contributed by atoms with E-state index in [2.05, 4.69) is 0 Å². The zero-order chi connectivity index (χ0) is 15.1. The summed E-state index contributed by atoms with van der Waals surface area (Å²) in [5, 5.41) is 0. The number of carbonyl (C=O) groups is 2. The van der Waals surface area contributed by atoms with Gasteiger partial charge in [-0.1, -0.05) is 24.3 Å². The molecule has 0 bridgehead atoms. The van der Waals surface area contributed by atoms with E-state index in [1.165, 1.54) is 17.4 Å². The summed E-state index contributed by atoms with van der Waals surface area (Å²) in [5.74, 6) is -1.04. The third kappa shape index (κ3) is 1.79. The van der Waals surface area contributed by atoms with Gasteiger partial charge in [0, 0.05) is 11.3 Å². The van der Waals surface area contributed by atoms with Crippen molar-refractivity contribution in [3.63, 3.8) is 0 Å². The summed E-state index contributed by atoms with van der Waals surface area (Å²) in [6.07, 6.45) is 2.41. The second kappa shape index (κ2) is 4.73. The van der Waals surface area contributed by atoms with Crippen LogP contribution >= 0.6 is 0 Å². The Morgan fingerprint density at radius 1 is 0.909 bits per heavy atom. The Bertz CT molecular complexity index is 804. The fraction of sp³-hybridized carbons (Fsp3) is 0.0588. The maximum Gasteiger partial charge on any atom is 0.304 e. The first-order valence-electron chi connectivity index (χ1n) is 6.79. The van der Waals surface area contributed by atoms with Crippen LogP contribution in [0.25, 0.3) is 0 Å². The number of rotatable bonds is 2. The van der Waals surface area contributed by atoms with Crippen LogP contribution in [-0.4, -0.2) is 11.7 Å². The fourth-order valence-corrected chi connectivity index (χ4v) is 2.65. The van der Waals surface area contributed by atoms with E-state index in [0.29, 0.717) is 16.9 Å². The number of Topliss-reactive ketones (excluding diaryl/α,β-unsaturated/α-hetero) is 1. The Morgan fingerprint density at radius 2 is 1.68 bits per heavy atom. The van der Waals surface area contributed by atoms with Gasteiger partial charge in [0.2, 0.25) is 0 Å². The van der Waals surface area contributed by atoms with Crippen LogP contribution in [0.1, 0.15) is 22.2 Å². The highest BCUT2D eigenvalue weighted by atomic mass is 16.7. The van der Waals surface area contributed by atoms with Crippen LogP contribution in [0.5, 0.6) is 0 Å². The Kier molecular flexibility index (Phi) is 2.72. The molecule has 22 heavy (non-hydrogen) atoms. The number of hydrogen-bond donors (Lipinski definition) is 0. The summed E-state index contributed by atoms with van der Waals surface area (Å²) in [7, 11) is 0. The first kappa shape index (κ1) is 12.6. The largest absolute Gasteiger partial charge is 0.455 e. The number of benzene rings is 2. The van der Waals surface area contributed by atoms with E-state index in [1.54, 1.807) is 42.5 Å². The van der Waals surface area contributed by atoms with E-state index in [-0.39, 0.29) is 0 Å². The maximum absolute atomic E-state index is 12.3. The van der Waals surface area contributed by atoms with Gasteiger partial charge < -0.3 is 9.47 Å². The van der Waals surface area contributed by atoms with Crippen molar-refractivity contribution >= 4 is 23.1 Å². The number of amides is 1. The zero-order valence-electron chi connectivity index (χ0n) is 11.4. The van der Waals surface area contributed by atoms with Gasteiger partial charge in [-0.3, -0.25) is 14.5 Å². The topological polar surface area (TPSA) is 55.8 Å². The molecule has 2 aromatic rings. The molecule has 0 saturated heterocycles. The summed E-state index contributed by atoms with van der Waals surface area (Å²) < 4.78 is 10.6. The molecule has 1 amide bonds. The molecule has 0 fully saturated rings. The molecular formula is C17H11NO4. The smallest absolute Gasteiger partial charge is 0.304 e. The van der Waals surface area contributed by atoms with Gasteiger partial charge in [-0.15, -0.1) is 0 Å². The summed E-state index contributed by atoms with van der Waals surface area (Å²) in [4.78, 5) is 25.8. The van der Waals surface area contributed by atoms with Crippen LogP contribution in [0.3, 0.4) is 0 Å². The van der Waals surface area contributed by atoms with Crippen LogP contribution in [0.2, 0.25) is 0 Å². The average molecular weight is 293 g/mol. The van der Waals surface area contributed by atoms with Crippen molar-refractivity contribution in [3.05, 3.63) is 72.2 Å². The first-order valence-corrected chi connectivity index (χ1v) is 6.79. The minimum atomic E-state index is -0.551. The van der Waals surface area contributed by atoms with Gasteiger partial charge in [0.25, 0.3) is 12.1 Å². The van der Waals surface area contributed by atoms with Crippen molar-refractivity contribution in [2.24, 2.45) is 0 Å². The van der Waals surface area contributed by atoms with E-state index in [9.17, 15) is 9.59 Å². The number of fused-ring (bicyclic) bond motifs is 1. The average Bonchev–Trinajstić information content (AvgIpc) is 3.17. The molecule has 4 rings (SSSR count). The lowest BCUT2D eigenvalue weighted by molar-refractivity contribution is -0.113. The lowest BCUT2D eigenvalue weighted by atomic mass is 10.1. The first-order chi connectivity index (χ1) is 10.8. The van der Waals surface area contributed by atoms with Crippen molar-refractivity contribution in [1.82, 2.24) is 0 Å². The van der Waals surface area contributed by atoms with Crippen molar-refractivity contribution in [1.29, 1.82) is 0 Å². The molecule has 0 unspecified atom stereocenters. The van der Waals surface area contributed by atoms with Gasteiger partial charge in [0.1, 0.15) is 12.5 Å². The molecule has 0 atom stereocenters. The number of carbonyl (C=O) groups excluding carboxylic acids is 2. The Labute approximate surface area is 126 Å². The third-order valence-corrected chi connectivity index (χ3v) is 3.65. The second-order valence-electron chi connectivity index (χ2n) is 4.96. The Morgan fingerprint density at radius 3 is 2.50 bits per heavy atom. The minimum Gasteiger partial charge on any atom is -0.455 e. The lowest BCUT2D eigenvalue weighted by Crippen LogP contribution is -2.24. The molecule has 5 nitrogen and oxygen atoms in total. The zero-order valence-corrected chi connectivity index (χ0v) is 11.4. The van der Waals surface area contributed by atoms with Crippen molar-refractivity contribution in [2.75, 3.05) is 4.90 Å². The van der Waals surface area contributed by atoms with E-state index in [1.807, 2.05) is 6.07 Å². The van der Waals surface area contributed by atoms with E-state index in [4.69, 9.17) is 9.47 Å². The molecule has 0 radical (unpaired) electrons. The Hall–Kier alpha value is -3.08. The number of nitrogens with zero attached hydrogens (tertiary/aromatic N) is 1. The summed E-state index contributed by atoms with van der Waals surface area (Å²) in [6.45, 7) is 0. The molecule has 2 heterocycles. The molecule has 0 aromatic heterocycles. The van der Waals surface area contributed by atoms with Crippen molar-refractivity contribution < 1.29 is 19.1 Å². The van der Waals surface area contributed by atoms with Gasteiger partial charge in [-0.25, -0.2) is 0 Å². The number of anilines is 2. The third-order valence-electron chi connectivity index (χ3n) is 3.65. The molecule has 0 saturated carbocycles. The van der Waals surface area contributed by atoms with Crippen LogP contribution < -0.4 is 4.90 Å². The highest BCUT2D eigenvalue weighted by Crippen LogP contribution is 2.36. The number of hydrogen-bond acceptors (Lipinski definition) is 4. The fourth-order valence-electron chi connectivity index (χ4n) is 2.65. The van der Waals surface area contributed by atoms with Crippen LogP contribution in [0, 0.1) is 0 Å². The lowest BCUT2D eigenvalue weighted by Gasteiger charge is -2.18. The predicted octanol–water partition coefficient (Wildman–Crippen LogP) is 3.06. The molecular weight excluding hydrogens is 282 g/mol. The van der Waals surface area contributed by atoms with Crippen LogP contribution in [0.4, 0.5) is 11.4 Å². The molecule has 5 heteroatoms. The minimum absolute atomic E-state index is 0.424. The van der Waals surface area contributed by atoms with E-state index >= 15 is 0 Å². The normalized spacial score (nSPS) is 16.6. The van der Waals surface area contributed by atoms with Crippen molar-refractivity contribution in [2.45, 2.75) is 6.29 Å². The molecule has 0 aliphatic carbocycles. The van der Waals surface area contributed by atoms with E-state index < -0.39 is 18.0 Å². The summed E-state index contributed by atoms with van der Waals surface area (Å²) in [5.41, 5.74) is 2.40. The second-order valence-corrected chi connectivity index (χ2v) is 4.96. The number of para-hydroxylation sites is 1. The molecule has 2 aromatic carbocycles. The van der Waals surface area contributed by atoms with Crippen LogP contribution in [-0.2, 0) is 14.3 Å². The predicted molar refractivity (Wildman–Crippen MR) is 78.4 cm³/mol. The van der Waals surface area contributed by atoms with E-state index in [0.717, 1.165) is 5.56 Å². The highest BCUT2D eigenvalue weighted by Gasteiger charge is 2.36. The SMILES string of the molecule is O=C1C(=O)N(c2cccc(C3OC=CO3)c2)c2ccccc21.